The topological polar surface area (TPSA) is 41.1 Å². The Hall–Kier alpha value is -1.35. The number of benzene rings is 1. The SMILES string of the molecule is CNNC(=O)CCc1ccc(C2CCCCC2)cc1. The number of hydrogen-bond acceptors (Lipinski definition) is 2. The molecule has 0 aromatic heterocycles. The minimum atomic E-state index is 0.0406. The van der Waals surface area contributed by atoms with Crippen LogP contribution in [0.25, 0.3) is 0 Å². The van der Waals surface area contributed by atoms with Gasteiger partial charge in [0.25, 0.3) is 0 Å². The van der Waals surface area contributed by atoms with Crippen LogP contribution < -0.4 is 10.9 Å². The summed E-state index contributed by atoms with van der Waals surface area (Å²) in [6, 6.07) is 8.86. The summed E-state index contributed by atoms with van der Waals surface area (Å²) < 4.78 is 0. The minimum absolute atomic E-state index is 0.0406. The first-order valence-corrected chi connectivity index (χ1v) is 7.34. The number of aryl methyl sites for hydroxylation is 1. The van der Waals surface area contributed by atoms with Crippen LogP contribution in [-0.4, -0.2) is 13.0 Å². The molecular weight excluding hydrogens is 236 g/mol. The predicted octanol–water partition coefficient (Wildman–Crippen LogP) is 2.92. The Bertz CT molecular complexity index is 394. The maximum absolute atomic E-state index is 11.4. The van der Waals surface area contributed by atoms with Crippen molar-refractivity contribution in [2.45, 2.75) is 50.9 Å². The van der Waals surface area contributed by atoms with Gasteiger partial charge in [-0.15, -0.1) is 0 Å². The lowest BCUT2D eigenvalue weighted by atomic mass is 9.84. The summed E-state index contributed by atoms with van der Waals surface area (Å²) in [4.78, 5) is 11.4. The van der Waals surface area contributed by atoms with E-state index in [4.69, 9.17) is 0 Å². The van der Waals surface area contributed by atoms with E-state index in [0.717, 1.165) is 12.3 Å². The fraction of sp³-hybridized carbons (Fsp3) is 0.562. The molecular formula is C16H24N2O. The quantitative estimate of drug-likeness (QED) is 0.799. The van der Waals surface area contributed by atoms with Crippen molar-refractivity contribution in [3.05, 3.63) is 35.4 Å². The molecule has 3 nitrogen and oxygen atoms in total. The average Bonchev–Trinajstić information content (AvgIpc) is 2.47. The van der Waals surface area contributed by atoms with Crippen LogP contribution in [0.15, 0.2) is 24.3 Å². The zero-order valence-corrected chi connectivity index (χ0v) is 11.7. The van der Waals surface area contributed by atoms with Crippen LogP contribution >= 0.6 is 0 Å². The van der Waals surface area contributed by atoms with Gasteiger partial charge >= 0.3 is 0 Å². The van der Waals surface area contributed by atoms with Crippen molar-refractivity contribution in [1.29, 1.82) is 0 Å². The van der Waals surface area contributed by atoms with E-state index in [-0.39, 0.29) is 5.91 Å². The first kappa shape index (κ1) is 14.1. The third kappa shape index (κ3) is 4.35. The van der Waals surface area contributed by atoms with Gasteiger partial charge in [0.1, 0.15) is 0 Å². The molecule has 19 heavy (non-hydrogen) atoms. The van der Waals surface area contributed by atoms with E-state index in [1.54, 1.807) is 7.05 Å². The van der Waals surface area contributed by atoms with E-state index in [9.17, 15) is 4.79 Å². The molecule has 2 rings (SSSR count). The van der Waals surface area contributed by atoms with Gasteiger partial charge in [-0.05, 0) is 36.3 Å². The highest BCUT2D eigenvalue weighted by Gasteiger charge is 2.15. The van der Waals surface area contributed by atoms with Crippen molar-refractivity contribution < 1.29 is 4.79 Å². The van der Waals surface area contributed by atoms with Crippen LogP contribution in [0, 0.1) is 0 Å². The van der Waals surface area contributed by atoms with Gasteiger partial charge in [0.2, 0.25) is 5.91 Å². The van der Waals surface area contributed by atoms with Gasteiger partial charge < -0.3 is 0 Å². The molecule has 0 heterocycles. The van der Waals surface area contributed by atoms with Crippen molar-refractivity contribution in [1.82, 2.24) is 10.9 Å². The number of amides is 1. The Balaban J connectivity index is 1.85. The highest BCUT2D eigenvalue weighted by atomic mass is 16.2. The lowest BCUT2D eigenvalue weighted by Crippen LogP contribution is -2.34. The van der Waals surface area contributed by atoms with Crippen LogP contribution in [0.4, 0.5) is 0 Å². The normalized spacial score (nSPS) is 16.3. The van der Waals surface area contributed by atoms with Crippen LogP contribution in [0.3, 0.4) is 0 Å². The first-order valence-electron chi connectivity index (χ1n) is 7.34. The van der Waals surface area contributed by atoms with E-state index < -0.39 is 0 Å². The highest BCUT2D eigenvalue weighted by molar-refractivity contribution is 5.75. The zero-order valence-electron chi connectivity index (χ0n) is 11.7. The molecule has 0 spiro atoms. The molecule has 104 valence electrons. The molecule has 1 aliphatic carbocycles. The molecule has 1 aliphatic rings. The summed E-state index contributed by atoms with van der Waals surface area (Å²) in [7, 11) is 1.71. The number of hydrazine groups is 1. The molecule has 1 fully saturated rings. The maximum atomic E-state index is 11.4. The lowest BCUT2D eigenvalue weighted by Gasteiger charge is -2.22. The fourth-order valence-corrected chi connectivity index (χ4v) is 2.85. The van der Waals surface area contributed by atoms with E-state index in [1.807, 2.05) is 0 Å². The summed E-state index contributed by atoms with van der Waals surface area (Å²) in [5.41, 5.74) is 7.96. The monoisotopic (exact) mass is 260 g/mol. The van der Waals surface area contributed by atoms with Gasteiger partial charge in [-0.2, -0.15) is 0 Å². The second-order valence-corrected chi connectivity index (χ2v) is 5.37. The van der Waals surface area contributed by atoms with Gasteiger partial charge in [0, 0.05) is 13.5 Å². The second kappa shape index (κ2) is 7.29. The predicted molar refractivity (Wildman–Crippen MR) is 77.8 cm³/mol. The molecule has 1 aromatic rings. The van der Waals surface area contributed by atoms with Crippen molar-refractivity contribution in [3.63, 3.8) is 0 Å². The smallest absolute Gasteiger partial charge is 0.234 e. The Morgan fingerprint density at radius 3 is 2.47 bits per heavy atom. The van der Waals surface area contributed by atoms with Gasteiger partial charge in [0.15, 0.2) is 0 Å². The molecule has 0 aliphatic heterocycles. The number of hydrogen-bond donors (Lipinski definition) is 2. The first-order chi connectivity index (χ1) is 9.29. The molecule has 0 radical (unpaired) electrons. The summed E-state index contributed by atoms with van der Waals surface area (Å²) in [6.45, 7) is 0. The summed E-state index contributed by atoms with van der Waals surface area (Å²) >= 11 is 0. The molecule has 0 saturated heterocycles. The largest absolute Gasteiger partial charge is 0.292 e. The highest BCUT2D eigenvalue weighted by Crippen LogP contribution is 2.32. The van der Waals surface area contributed by atoms with Crippen LogP contribution in [0.1, 0.15) is 55.6 Å². The third-order valence-electron chi connectivity index (χ3n) is 3.96. The van der Waals surface area contributed by atoms with E-state index in [2.05, 4.69) is 35.1 Å². The molecule has 0 unspecified atom stereocenters. The Morgan fingerprint density at radius 1 is 1.16 bits per heavy atom. The van der Waals surface area contributed by atoms with E-state index in [1.165, 1.54) is 43.2 Å². The summed E-state index contributed by atoms with van der Waals surface area (Å²) in [5, 5.41) is 0. The minimum Gasteiger partial charge on any atom is -0.292 e. The van der Waals surface area contributed by atoms with E-state index in [0.29, 0.717) is 6.42 Å². The summed E-state index contributed by atoms with van der Waals surface area (Å²) in [6.07, 6.45) is 8.15. The molecule has 1 aromatic carbocycles. The molecule has 2 N–H and O–H groups in total. The third-order valence-corrected chi connectivity index (χ3v) is 3.96. The Kier molecular flexibility index (Phi) is 5.40. The lowest BCUT2D eigenvalue weighted by molar-refractivity contribution is -0.121. The second-order valence-electron chi connectivity index (χ2n) is 5.37. The Labute approximate surface area is 115 Å². The van der Waals surface area contributed by atoms with Gasteiger partial charge in [-0.3, -0.25) is 10.2 Å². The van der Waals surface area contributed by atoms with Crippen LogP contribution in [0.5, 0.6) is 0 Å². The van der Waals surface area contributed by atoms with Crippen molar-refractivity contribution in [2.24, 2.45) is 0 Å². The molecule has 0 atom stereocenters. The number of rotatable bonds is 5. The Morgan fingerprint density at radius 2 is 1.84 bits per heavy atom. The number of nitrogens with one attached hydrogen (secondary N) is 2. The van der Waals surface area contributed by atoms with Gasteiger partial charge in [-0.1, -0.05) is 43.5 Å². The standard InChI is InChI=1S/C16H24N2O/c1-17-18-16(19)12-9-13-7-10-15(11-8-13)14-5-3-2-4-6-14/h7-8,10-11,14,17H,2-6,9,12H2,1H3,(H,18,19). The zero-order chi connectivity index (χ0) is 13.5. The molecule has 3 heteroatoms. The van der Waals surface area contributed by atoms with Gasteiger partial charge in [0.05, 0.1) is 0 Å². The molecule has 1 amide bonds. The number of carbonyl (C=O) groups excluding carboxylic acids is 1. The molecule has 1 saturated carbocycles. The van der Waals surface area contributed by atoms with E-state index >= 15 is 0 Å². The van der Waals surface area contributed by atoms with Crippen LogP contribution in [0.2, 0.25) is 0 Å². The average molecular weight is 260 g/mol. The van der Waals surface area contributed by atoms with Crippen molar-refractivity contribution in [3.8, 4) is 0 Å². The molecule has 0 bridgehead atoms. The number of carbonyl (C=O) groups is 1. The van der Waals surface area contributed by atoms with Gasteiger partial charge in [-0.25, -0.2) is 5.43 Å². The van der Waals surface area contributed by atoms with Crippen molar-refractivity contribution in [2.75, 3.05) is 7.05 Å². The summed E-state index contributed by atoms with van der Waals surface area (Å²) in [5.74, 6) is 0.800. The maximum Gasteiger partial charge on any atom is 0.234 e. The fourth-order valence-electron chi connectivity index (χ4n) is 2.85. The van der Waals surface area contributed by atoms with Crippen molar-refractivity contribution >= 4 is 5.91 Å². The van der Waals surface area contributed by atoms with Crippen LogP contribution in [-0.2, 0) is 11.2 Å².